The summed E-state index contributed by atoms with van der Waals surface area (Å²) in [6.07, 6.45) is 1.41. The molecule has 0 aliphatic carbocycles. The van der Waals surface area contributed by atoms with Crippen molar-refractivity contribution in [2.24, 2.45) is 5.92 Å². The zero-order valence-corrected chi connectivity index (χ0v) is 12.8. The van der Waals surface area contributed by atoms with Crippen LogP contribution in [0.15, 0.2) is 24.3 Å². The first-order valence-electron chi connectivity index (χ1n) is 6.55. The molecule has 3 nitrogen and oxygen atoms in total. The van der Waals surface area contributed by atoms with Gasteiger partial charge in [0.1, 0.15) is 5.75 Å². The highest BCUT2D eigenvalue weighted by molar-refractivity contribution is 6.30. The molecule has 1 atom stereocenters. The number of phenolic OH excluding ortho intramolecular Hbond substituents is 1. The Morgan fingerprint density at radius 3 is 2.47 bits per heavy atom. The summed E-state index contributed by atoms with van der Waals surface area (Å²) in [6, 6.07) is 6.46. The van der Waals surface area contributed by atoms with Crippen LogP contribution in [0.1, 0.15) is 34.1 Å². The average molecular weight is 287 g/mol. The maximum atomic E-state index is 8.73. The van der Waals surface area contributed by atoms with Crippen LogP contribution in [-0.4, -0.2) is 23.6 Å². The molecule has 1 aromatic rings. The van der Waals surface area contributed by atoms with Crippen molar-refractivity contribution in [1.82, 2.24) is 0 Å². The molecule has 1 fully saturated rings. The molecule has 1 heterocycles. The zero-order valence-electron chi connectivity index (χ0n) is 12.0. The molecule has 1 N–H and O–H groups in total. The summed E-state index contributed by atoms with van der Waals surface area (Å²) in [6.45, 7) is 9.09. The van der Waals surface area contributed by atoms with Crippen molar-refractivity contribution in [1.29, 1.82) is 0 Å². The van der Waals surface area contributed by atoms with Crippen LogP contribution in [0.4, 0.5) is 0 Å². The Balaban J connectivity index is 0.000000200. The van der Waals surface area contributed by atoms with E-state index in [0.29, 0.717) is 17.0 Å². The first kappa shape index (κ1) is 16.3. The molecular weight excluding hydrogens is 264 g/mol. The van der Waals surface area contributed by atoms with Gasteiger partial charge < -0.3 is 14.6 Å². The zero-order chi connectivity index (χ0) is 14.5. The van der Waals surface area contributed by atoms with Gasteiger partial charge in [-0.15, -0.1) is 0 Å². The van der Waals surface area contributed by atoms with E-state index in [1.54, 1.807) is 18.2 Å². The lowest BCUT2D eigenvalue weighted by molar-refractivity contribution is -0.139. The van der Waals surface area contributed by atoms with E-state index in [1.807, 2.05) is 13.8 Å². The standard InChI is InChI=1S/C9H18O2.C6H5ClO/c1-7(2)5-8-6-10-9(3,4)11-8;7-5-2-1-3-6(8)4-5/h7-8H,5-6H2,1-4H3;1-4,8H/t8-;/m0./s1. The van der Waals surface area contributed by atoms with E-state index in [4.69, 9.17) is 26.2 Å². The highest BCUT2D eigenvalue weighted by Crippen LogP contribution is 2.25. The SMILES string of the molecule is CC(C)C[C@H]1COC(C)(C)O1.Oc1cccc(Cl)c1. The normalized spacial score (nSPS) is 21.1. The Morgan fingerprint density at radius 1 is 1.42 bits per heavy atom. The monoisotopic (exact) mass is 286 g/mol. The van der Waals surface area contributed by atoms with Gasteiger partial charge in [-0.2, -0.15) is 0 Å². The van der Waals surface area contributed by atoms with Gasteiger partial charge in [0.25, 0.3) is 0 Å². The van der Waals surface area contributed by atoms with Gasteiger partial charge in [-0.05, 0) is 44.4 Å². The topological polar surface area (TPSA) is 38.7 Å². The van der Waals surface area contributed by atoms with Crippen molar-refractivity contribution < 1.29 is 14.6 Å². The highest BCUT2D eigenvalue weighted by atomic mass is 35.5. The summed E-state index contributed by atoms with van der Waals surface area (Å²) in [7, 11) is 0. The smallest absolute Gasteiger partial charge is 0.163 e. The van der Waals surface area contributed by atoms with Crippen molar-refractivity contribution in [3.63, 3.8) is 0 Å². The first-order valence-corrected chi connectivity index (χ1v) is 6.92. The van der Waals surface area contributed by atoms with Crippen LogP contribution < -0.4 is 0 Å². The fourth-order valence-electron chi connectivity index (χ4n) is 1.88. The van der Waals surface area contributed by atoms with Gasteiger partial charge >= 0.3 is 0 Å². The van der Waals surface area contributed by atoms with Crippen molar-refractivity contribution in [3.05, 3.63) is 29.3 Å². The summed E-state index contributed by atoms with van der Waals surface area (Å²) < 4.78 is 11.1. The third-order valence-corrected chi connectivity index (χ3v) is 2.84. The Bertz CT molecular complexity index is 373. The molecule has 108 valence electrons. The van der Waals surface area contributed by atoms with Crippen LogP contribution in [0.5, 0.6) is 5.75 Å². The number of rotatable bonds is 2. The molecule has 4 heteroatoms. The Morgan fingerprint density at radius 2 is 2.11 bits per heavy atom. The largest absolute Gasteiger partial charge is 0.508 e. The molecule has 0 unspecified atom stereocenters. The molecule has 0 amide bonds. The van der Waals surface area contributed by atoms with Crippen molar-refractivity contribution in [2.75, 3.05) is 6.61 Å². The van der Waals surface area contributed by atoms with Crippen LogP contribution in [0.2, 0.25) is 5.02 Å². The average Bonchev–Trinajstić information content (AvgIpc) is 2.57. The lowest BCUT2D eigenvalue weighted by Crippen LogP contribution is -2.22. The number of benzene rings is 1. The fourth-order valence-corrected chi connectivity index (χ4v) is 2.07. The molecule has 1 aliphatic heterocycles. The minimum Gasteiger partial charge on any atom is -0.508 e. The fraction of sp³-hybridized carbons (Fsp3) is 0.600. The van der Waals surface area contributed by atoms with Crippen LogP contribution in [0, 0.1) is 5.92 Å². The summed E-state index contributed by atoms with van der Waals surface area (Å²) in [5, 5.41) is 9.29. The highest BCUT2D eigenvalue weighted by Gasteiger charge is 2.32. The quantitative estimate of drug-likeness (QED) is 0.884. The third kappa shape index (κ3) is 6.81. The van der Waals surface area contributed by atoms with Gasteiger partial charge in [0, 0.05) is 5.02 Å². The molecule has 2 rings (SSSR count). The van der Waals surface area contributed by atoms with E-state index < -0.39 is 0 Å². The molecule has 0 aromatic heterocycles. The van der Waals surface area contributed by atoms with Gasteiger partial charge in [-0.1, -0.05) is 31.5 Å². The molecule has 0 radical (unpaired) electrons. The van der Waals surface area contributed by atoms with E-state index in [0.717, 1.165) is 13.0 Å². The molecule has 1 aliphatic rings. The number of halogens is 1. The minimum atomic E-state index is -0.348. The predicted octanol–water partition coefficient (Wildman–Crippen LogP) is 4.23. The second kappa shape index (κ2) is 7.13. The summed E-state index contributed by atoms with van der Waals surface area (Å²) in [5.74, 6) is 0.550. The van der Waals surface area contributed by atoms with E-state index in [-0.39, 0.29) is 11.5 Å². The summed E-state index contributed by atoms with van der Waals surface area (Å²) in [5.41, 5.74) is 0. The van der Waals surface area contributed by atoms with Gasteiger partial charge in [0.15, 0.2) is 5.79 Å². The van der Waals surface area contributed by atoms with Gasteiger partial charge in [-0.3, -0.25) is 0 Å². The Hall–Kier alpha value is -0.770. The molecule has 1 saturated heterocycles. The molecule has 0 bridgehead atoms. The Labute approximate surface area is 120 Å². The van der Waals surface area contributed by atoms with Crippen LogP contribution in [0.3, 0.4) is 0 Å². The predicted molar refractivity (Wildman–Crippen MR) is 77.5 cm³/mol. The van der Waals surface area contributed by atoms with E-state index in [2.05, 4.69) is 13.8 Å². The summed E-state index contributed by atoms with van der Waals surface area (Å²) >= 11 is 5.48. The van der Waals surface area contributed by atoms with E-state index >= 15 is 0 Å². The second-order valence-corrected chi connectivity index (χ2v) is 6.00. The van der Waals surface area contributed by atoms with Crippen molar-refractivity contribution in [3.8, 4) is 5.75 Å². The number of hydrogen-bond acceptors (Lipinski definition) is 3. The number of hydrogen-bond donors (Lipinski definition) is 1. The van der Waals surface area contributed by atoms with Crippen molar-refractivity contribution in [2.45, 2.75) is 46.0 Å². The Kier molecular flexibility index (Phi) is 6.11. The van der Waals surface area contributed by atoms with Crippen LogP contribution in [-0.2, 0) is 9.47 Å². The minimum absolute atomic E-state index is 0.206. The number of aromatic hydroxyl groups is 1. The van der Waals surface area contributed by atoms with Gasteiger partial charge in [0.05, 0.1) is 12.7 Å². The maximum absolute atomic E-state index is 8.73. The molecule has 1 aromatic carbocycles. The lowest BCUT2D eigenvalue weighted by atomic mass is 10.1. The molecule has 0 spiro atoms. The number of ether oxygens (including phenoxy) is 2. The summed E-state index contributed by atoms with van der Waals surface area (Å²) in [4.78, 5) is 0. The van der Waals surface area contributed by atoms with E-state index in [9.17, 15) is 0 Å². The van der Waals surface area contributed by atoms with E-state index in [1.165, 1.54) is 6.07 Å². The molecular formula is C15H23ClO3. The van der Waals surface area contributed by atoms with Gasteiger partial charge in [0.2, 0.25) is 0 Å². The first-order chi connectivity index (χ1) is 8.78. The molecule has 0 saturated carbocycles. The second-order valence-electron chi connectivity index (χ2n) is 5.56. The number of phenols is 1. The van der Waals surface area contributed by atoms with Gasteiger partial charge in [-0.25, -0.2) is 0 Å². The lowest BCUT2D eigenvalue weighted by Gasteiger charge is -2.17. The third-order valence-electron chi connectivity index (χ3n) is 2.61. The van der Waals surface area contributed by atoms with Crippen LogP contribution in [0.25, 0.3) is 0 Å². The van der Waals surface area contributed by atoms with Crippen LogP contribution >= 0.6 is 11.6 Å². The van der Waals surface area contributed by atoms with Crippen molar-refractivity contribution >= 4 is 11.6 Å². The molecule has 19 heavy (non-hydrogen) atoms. The maximum Gasteiger partial charge on any atom is 0.163 e.